The van der Waals surface area contributed by atoms with Crippen molar-refractivity contribution < 1.29 is 23.8 Å². The molecule has 2 aromatic rings. The van der Waals surface area contributed by atoms with Gasteiger partial charge in [0.25, 0.3) is 5.91 Å². The van der Waals surface area contributed by atoms with Crippen LogP contribution in [0, 0.1) is 5.92 Å². The number of rotatable bonds is 7. The van der Waals surface area contributed by atoms with Crippen molar-refractivity contribution in [3.63, 3.8) is 0 Å². The van der Waals surface area contributed by atoms with Gasteiger partial charge < -0.3 is 24.4 Å². The van der Waals surface area contributed by atoms with Crippen LogP contribution in [0.2, 0.25) is 0 Å². The number of para-hydroxylation sites is 1. The summed E-state index contributed by atoms with van der Waals surface area (Å²) in [5.41, 5.74) is 1.28. The first-order chi connectivity index (χ1) is 13.6. The molecule has 1 aliphatic heterocycles. The van der Waals surface area contributed by atoms with Crippen molar-refractivity contribution in [2.24, 2.45) is 5.92 Å². The average molecular weight is 384 g/mol. The van der Waals surface area contributed by atoms with E-state index >= 15 is 0 Å². The number of hydrogen-bond acceptors (Lipinski definition) is 5. The zero-order valence-corrected chi connectivity index (χ0v) is 16.2. The molecule has 148 valence electrons. The lowest BCUT2D eigenvalue weighted by molar-refractivity contribution is -0.117. The topological polar surface area (TPSA) is 77.1 Å². The van der Waals surface area contributed by atoms with Crippen LogP contribution >= 0.6 is 0 Å². The fourth-order valence-corrected chi connectivity index (χ4v) is 3.33. The summed E-state index contributed by atoms with van der Waals surface area (Å²) in [6, 6.07) is 12.8. The first-order valence-corrected chi connectivity index (χ1v) is 9.01. The molecule has 1 aliphatic rings. The third-order valence-electron chi connectivity index (χ3n) is 4.75. The molecule has 28 heavy (non-hydrogen) atoms. The highest BCUT2D eigenvalue weighted by atomic mass is 16.5. The average Bonchev–Trinajstić information content (AvgIpc) is 3.11. The molecule has 1 fully saturated rings. The van der Waals surface area contributed by atoms with Crippen LogP contribution < -0.4 is 24.4 Å². The van der Waals surface area contributed by atoms with Crippen molar-refractivity contribution in [1.82, 2.24) is 5.32 Å². The lowest BCUT2D eigenvalue weighted by atomic mass is 10.1. The summed E-state index contributed by atoms with van der Waals surface area (Å²) >= 11 is 0. The van der Waals surface area contributed by atoms with Crippen molar-refractivity contribution in [2.75, 3.05) is 39.3 Å². The van der Waals surface area contributed by atoms with Crippen LogP contribution in [0.15, 0.2) is 42.5 Å². The third kappa shape index (κ3) is 4.03. The largest absolute Gasteiger partial charge is 0.493 e. The lowest BCUT2D eigenvalue weighted by Gasteiger charge is -2.17. The molecule has 7 heteroatoms. The molecule has 1 unspecified atom stereocenters. The maximum absolute atomic E-state index is 12.6. The lowest BCUT2D eigenvalue weighted by Crippen LogP contribution is -2.31. The highest BCUT2D eigenvalue weighted by Crippen LogP contribution is 2.38. The second-order valence-electron chi connectivity index (χ2n) is 6.53. The van der Waals surface area contributed by atoms with Crippen molar-refractivity contribution in [1.29, 1.82) is 0 Å². The van der Waals surface area contributed by atoms with Gasteiger partial charge >= 0.3 is 0 Å². The second-order valence-corrected chi connectivity index (χ2v) is 6.53. The first-order valence-electron chi connectivity index (χ1n) is 9.01. The Morgan fingerprint density at radius 3 is 2.29 bits per heavy atom. The molecule has 0 aromatic heterocycles. The van der Waals surface area contributed by atoms with E-state index in [4.69, 9.17) is 14.2 Å². The Balaban J connectivity index is 1.65. The zero-order chi connectivity index (χ0) is 20.1. The van der Waals surface area contributed by atoms with Gasteiger partial charge in [-0.15, -0.1) is 0 Å². The predicted octanol–water partition coefficient (Wildman–Crippen LogP) is 2.50. The van der Waals surface area contributed by atoms with Crippen LogP contribution in [0.4, 0.5) is 5.69 Å². The molecule has 1 N–H and O–H groups in total. The molecule has 1 atom stereocenters. The van der Waals surface area contributed by atoms with Gasteiger partial charge in [-0.1, -0.05) is 18.2 Å². The number of carbonyl (C=O) groups is 2. The number of methoxy groups -OCH3 is 3. The van der Waals surface area contributed by atoms with Gasteiger partial charge in [0.15, 0.2) is 11.5 Å². The number of amides is 2. The van der Waals surface area contributed by atoms with E-state index < -0.39 is 0 Å². The van der Waals surface area contributed by atoms with Crippen LogP contribution in [0.1, 0.15) is 16.8 Å². The van der Waals surface area contributed by atoms with Gasteiger partial charge in [0.05, 0.1) is 21.3 Å². The standard InChI is InChI=1S/C21H24N2O5/c1-26-17-10-15(11-18(27-2)20(17)28-3)21(25)22-12-14-9-19(24)23(13-14)16-7-5-4-6-8-16/h4-8,10-11,14H,9,12-13H2,1-3H3,(H,22,25). The van der Waals surface area contributed by atoms with Crippen molar-refractivity contribution >= 4 is 17.5 Å². The van der Waals surface area contributed by atoms with Gasteiger partial charge in [-0.3, -0.25) is 9.59 Å². The maximum Gasteiger partial charge on any atom is 0.251 e. The summed E-state index contributed by atoms with van der Waals surface area (Å²) in [4.78, 5) is 26.7. The Labute approximate surface area is 164 Å². The number of benzene rings is 2. The summed E-state index contributed by atoms with van der Waals surface area (Å²) in [5.74, 6) is 1.12. The summed E-state index contributed by atoms with van der Waals surface area (Å²) in [5, 5.41) is 2.90. The highest BCUT2D eigenvalue weighted by molar-refractivity contribution is 5.97. The van der Waals surface area contributed by atoms with Gasteiger partial charge in [0.1, 0.15) is 0 Å². The molecule has 0 spiro atoms. The monoisotopic (exact) mass is 384 g/mol. The van der Waals surface area contributed by atoms with Crippen molar-refractivity contribution in [3.05, 3.63) is 48.0 Å². The van der Waals surface area contributed by atoms with E-state index in [9.17, 15) is 9.59 Å². The van der Waals surface area contributed by atoms with Crippen LogP contribution in [-0.2, 0) is 4.79 Å². The number of anilines is 1. The normalized spacial score (nSPS) is 16.0. The van der Waals surface area contributed by atoms with Gasteiger partial charge in [0.2, 0.25) is 11.7 Å². The Bertz CT molecular complexity index is 828. The molecule has 0 radical (unpaired) electrons. The van der Waals surface area contributed by atoms with Crippen molar-refractivity contribution in [2.45, 2.75) is 6.42 Å². The zero-order valence-electron chi connectivity index (χ0n) is 16.2. The summed E-state index contributed by atoms with van der Waals surface area (Å²) in [6.45, 7) is 0.989. The van der Waals surface area contributed by atoms with Crippen molar-refractivity contribution in [3.8, 4) is 17.2 Å². The van der Waals surface area contributed by atoms with E-state index in [1.807, 2.05) is 30.3 Å². The predicted molar refractivity (Wildman–Crippen MR) is 105 cm³/mol. The molecular formula is C21H24N2O5. The van der Waals surface area contributed by atoms with Gasteiger partial charge in [0, 0.05) is 36.7 Å². The molecule has 2 aromatic carbocycles. The maximum atomic E-state index is 12.6. The van der Waals surface area contributed by atoms with Gasteiger partial charge in [-0.2, -0.15) is 0 Å². The number of hydrogen-bond donors (Lipinski definition) is 1. The fourth-order valence-electron chi connectivity index (χ4n) is 3.33. The van der Waals surface area contributed by atoms with Crippen LogP contribution in [0.25, 0.3) is 0 Å². The van der Waals surface area contributed by atoms with Gasteiger partial charge in [-0.25, -0.2) is 0 Å². The number of ether oxygens (including phenoxy) is 3. The Kier molecular flexibility index (Phi) is 6.03. The minimum atomic E-state index is -0.259. The molecule has 0 bridgehead atoms. The molecule has 7 nitrogen and oxygen atoms in total. The molecule has 1 saturated heterocycles. The van der Waals surface area contributed by atoms with E-state index in [-0.39, 0.29) is 17.7 Å². The molecule has 3 rings (SSSR count). The molecule has 1 heterocycles. The van der Waals surface area contributed by atoms with E-state index in [1.165, 1.54) is 21.3 Å². The fraction of sp³-hybridized carbons (Fsp3) is 0.333. The van der Waals surface area contributed by atoms with Crippen LogP contribution in [-0.4, -0.2) is 46.2 Å². The second kappa shape index (κ2) is 8.65. The minimum absolute atomic E-state index is 0.0543. The van der Waals surface area contributed by atoms with Crippen LogP contribution in [0.3, 0.4) is 0 Å². The molecular weight excluding hydrogens is 360 g/mol. The molecule has 0 saturated carbocycles. The first kappa shape index (κ1) is 19.5. The Hall–Kier alpha value is -3.22. The number of nitrogens with one attached hydrogen (secondary N) is 1. The summed E-state index contributed by atoms with van der Waals surface area (Å²) in [6.07, 6.45) is 0.407. The smallest absolute Gasteiger partial charge is 0.251 e. The summed E-state index contributed by atoms with van der Waals surface area (Å²) in [7, 11) is 4.51. The van der Waals surface area contributed by atoms with Crippen LogP contribution in [0.5, 0.6) is 17.2 Å². The van der Waals surface area contributed by atoms with E-state index in [0.29, 0.717) is 42.3 Å². The third-order valence-corrected chi connectivity index (χ3v) is 4.75. The van der Waals surface area contributed by atoms with E-state index in [1.54, 1.807) is 17.0 Å². The van der Waals surface area contributed by atoms with Gasteiger partial charge in [-0.05, 0) is 24.3 Å². The van der Waals surface area contributed by atoms with E-state index in [2.05, 4.69) is 5.32 Å². The Morgan fingerprint density at radius 2 is 1.71 bits per heavy atom. The van der Waals surface area contributed by atoms with E-state index in [0.717, 1.165) is 5.69 Å². The Morgan fingerprint density at radius 1 is 1.07 bits per heavy atom. The summed E-state index contributed by atoms with van der Waals surface area (Å²) < 4.78 is 15.9. The minimum Gasteiger partial charge on any atom is -0.493 e. The quantitative estimate of drug-likeness (QED) is 0.794. The number of carbonyl (C=O) groups excluding carboxylic acids is 2. The SMILES string of the molecule is COc1cc(C(=O)NCC2CC(=O)N(c3ccccc3)C2)cc(OC)c1OC. The number of nitrogens with zero attached hydrogens (tertiary/aromatic N) is 1. The molecule has 2 amide bonds. The molecule has 0 aliphatic carbocycles. The highest BCUT2D eigenvalue weighted by Gasteiger charge is 2.30.